The number of carbonyl (C=O) groups is 1. The molecule has 0 radical (unpaired) electrons. The molecule has 2 N–H and O–H groups in total. The fraction of sp³-hybridized carbons (Fsp3) is 0.0714. The van der Waals surface area contributed by atoms with Crippen LogP contribution < -0.4 is 10.9 Å². The van der Waals surface area contributed by atoms with Crippen molar-refractivity contribution in [3.05, 3.63) is 70.7 Å². The summed E-state index contributed by atoms with van der Waals surface area (Å²) in [6.07, 6.45) is 0. The molecule has 3 nitrogen and oxygen atoms in total. The van der Waals surface area contributed by atoms with E-state index in [4.69, 9.17) is 11.6 Å². The topological polar surface area (TPSA) is 41.1 Å². The van der Waals surface area contributed by atoms with Gasteiger partial charge >= 0.3 is 0 Å². The lowest BCUT2D eigenvalue weighted by atomic mass is 10.2. The van der Waals surface area contributed by atoms with Crippen molar-refractivity contribution in [1.29, 1.82) is 0 Å². The molecule has 0 atom stereocenters. The van der Waals surface area contributed by atoms with Crippen LogP contribution >= 0.6 is 11.6 Å². The van der Waals surface area contributed by atoms with Gasteiger partial charge in [0, 0.05) is 17.1 Å². The summed E-state index contributed by atoms with van der Waals surface area (Å²) in [4.78, 5) is 11.7. The van der Waals surface area contributed by atoms with Crippen LogP contribution in [0.25, 0.3) is 0 Å². The lowest BCUT2D eigenvalue weighted by Crippen LogP contribution is -2.36. The fourth-order valence-corrected chi connectivity index (χ4v) is 1.62. The molecule has 0 aliphatic carbocycles. The molecule has 0 aromatic heterocycles. The highest BCUT2D eigenvalue weighted by molar-refractivity contribution is 6.30. The Morgan fingerprint density at radius 1 is 1.00 bits per heavy atom. The third kappa shape index (κ3) is 3.58. The van der Waals surface area contributed by atoms with Gasteiger partial charge in [-0.15, -0.1) is 0 Å². The Labute approximate surface area is 111 Å². The number of halogens is 1. The molecule has 0 aliphatic heterocycles. The molecule has 2 rings (SSSR count). The Morgan fingerprint density at radius 3 is 2.33 bits per heavy atom. The molecule has 0 bridgehead atoms. The monoisotopic (exact) mass is 260 g/mol. The number of benzene rings is 2. The number of hydrazine groups is 1. The maximum Gasteiger partial charge on any atom is 0.265 e. The number of nitrogens with one attached hydrogen (secondary N) is 2. The normalized spacial score (nSPS) is 10.1. The van der Waals surface area contributed by atoms with Crippen LogP contribution in [-0.4, -0.2) is 5.91 Å². The van der Waals surface area contributed by atoms with Crippen molar-refractivity contribution in [2.45, 2.75) is 6.54 Å². The first-order chi connectivity index (χ1) is 8.75. The maximum atomic E-state index is 11.7. The van der Waals surface area contributed by atoms with E-state index >= 15 is 0 Å². The third-order valence-corrected chi connectivity index (χ3v) is 2.70. The molecule has 2 aromatic rings. The van der Waals surface area contributed by atoms with E-state index in [2.05, 4.69) is 10.9 Å². The van der Waals surface area contributed by atoms with Crippen LogP contribution in [0.15, 0.2) is 54.6 Å². The van der Waals surface area contributed by atoms with Crippen LogP contribution in [0, 0.1) is 0 Å². The summed E-state index contributed by atoms with van der Waals surface area (Å²) in [6, 6.07) is 16.5. The summed E-state index contributed by atoms with van der Waals surface area (Å²) in [5.41, 5.74) is 7.19. The second kappa shape index (κ2) is 6.19. The van der Waals surface area contributed by atoms with Crippen molar-refractivity contribution in [1.82, 2.24) is 10.9 Å². The van der Waals surface area contributed by atoms with Crippen molar-refractivity contribution >= 4 is 17.5 Å². The van der Waals surface area contributed by atoms with Crippen molar-refractivity contribution in [2.24, 2.45) is 0 Å². The van der Waals surface area contributed by atoms with E-state index in [0.29, 0.717) is 17.1 Å². The summed E-state index contributed by atoms with van der Waals surface area (Å²) in [6.45, 7) is 0.551. The molecule has 18 heavy (non-hydrogen) atoms. The highest BCUT2D eigenvalue weighted by atomic mass is 35.5. The molecular formula is C14H13ClN2O. The molecule has 0 aliphatic rings. The molecular weight excluding hydrogens is 248 g/mol. The van der Waals surface area contributed by atoms with E-state index < -0.39 is 0 Å². The first-order valence-electron chi connectivity index (χ1n) is 5.58. The van der Waals surface area contributed by atoms with Gasteiger partial charge in [0.1, 0.15) is 0 Å². The predicted molar refractivity (Wildman–Crippen MR) is 72.2 cm³/mol. The lowest BCUT2D eigenvalue weighted by Gasteiger charge is -2.07. The Balaban J connectivity index is 1.82. The van der Waals surface area contributed by atoms with Crippen molar-refractivity contribution in [3.63, 3.8) is 0 Å². The van der Waals surface area contributed by atoms with E-state index in [0.717, 1.165) is 5.56 Å². The molecule has 0 saturated heterocycles. The number of amides is 1. The van der Waals surface area contributed by atoms with Crippen LogP contribution in [0.2, 0.25) is 5.02 Å². The van der Waals surface area contributed by atoms with Gasteiger partial charge in [-0.25, -0.2) is 5.43 Å². The SMILES string of the molecule is O=C(NNCc1ccc(Cl)cc1)c1ccccc1. The Morgan fingerprint density at radius 2 is 1.67 bits per heavy atom. The molecule has 0 heterocycles. The van der Waals surface area contributed by atoms with E-state index in [-0.39, 0.29) is 5.91 Å². The van der Waals surface area contributed by atoms with Crippen molar-refractivity contribution in [2.75, 3.05) is 0 Å². The van der Waals surface area contributed by atoms with Gasteiger partial charge in [-0.3, -0.25) is 10.2 Å². The summed E-state index contributed by atoms with van der Waals surface area (Å²) < 4.78 is 0. The van der Waals surface area contributed by atoms with Crippen molar-refractivity contribution < 1.29 is 4.79 Å². The summed E-state index contributed by atoms with van der Waals surface area (Å²) >= 11 is 5.79. The average molecular weight is 261 g/mol. The highest BCUT2D eigenvalue weighted by Gasteiger charge is 2.02. The number of carbonyl (C=O) groups excluding carboxylic acids is 1. The summed E-state index contributed by atoms with van der Waals surface area (Å²) in [7, 11) is 0. The van der Waals surface area contributed by atoms with Gasteiger partial charge in [0.05, 0.1) is 0 Å². The largest absolute Gasteiger partial charge is 0.287 e. The predicted octanol–water partition coefficient (Wildman–Crippen LogP) is 2.77. The van der Waals surface area contributed by atoms with Gasteiger partial charge in [-0.05, 0) is 29.8 Å². The molecule has 92 valence electrons. The second-order valence-electron chi connectivity index (χ2n) is 3.80. The van der Waals surface area contributed by atoms with Gasteiger partial charge in [0.25, 0.3) is 5.91 Å². The van der Waals surface area contributed by atoms with Gasteiger partial charge in [0.15, 0.2) is 0 Å². The molecule has 0 fully saturated rings. The van der Waals surface area contributed by atoms with Crippen LogP contribution in [-0.2, 0) is 6.54 Å². The third-order valence-electron chi connectivity index (χ3n) is 2.44. The number of hydrogen-bond donors (Lipinski definition) is 2. The minimum absolute atomic E-state index is 0.149. The Bertz CT molecular complexity index is 511. The quantitative estimate of drug-likeness (QED) is 0.830. The lowest BCUT2D eigenvalue weighted by molar-refractivity contribution is 0.0932. The second-order valence-corrected chi connectivity index (χ2v) is 4.24. The molecule has 0 saturated carbocycles. The summed E-state index contributed by atoms with van der Waals surface area (Å²) in [5.74, 6) is -0.149. The number of rotatable bonds is 4. The molecule has 4 heteroatoms. The van der Waals surface area contributed by atoms with Crippen LogP contribution in [0.5, 0.6) is 0 Å². The van der Waals surface area contributed by atoms with Gasteiger partial charge in [-0.2, -0.15) is 0 Å². The Hall–Kier alpha value is -1.84. The summed E-state index contributed by atoms with van der Waals surface area (Å²) in [5, 5.41) is 0.701. The van der Waals surface area contributed by atoms with Gasteiger partial charge < -0.3 is 0 Å². The zero-order chi connectivity index (χ0) is 12.8. The fourth-order valence-electron chi connectivity index (χ4n) is 1.49. The van der Waals surface area contributed by atoms with Crippen molar-refractivity contribution in [3.8, 4) is 0 Å². The van der Waals surface area contributed by atoms with Gasteiger partial charge in [0.2, 0.25) is 0 Å². The standard InChI is InChI=1S/C14H13ClN2O/c15-13-8-6-11(7-9-13)10-16-17-14(18)12-4-2-1-3-5-12/h1-9,16H,10H2,(H,17,18). The van der Waals surface area contributed by atoms with E-state index in [9.17, 15) is 4.79 Å². The zero-order valence-electron chi connectivity index (χ0n) is 9.69. The zero-order valence-corrected chi connectivity index (χ0v) is 10.4. The van der Waals surface area contributed by atoms with E-state index in [1.807, 2.05) is 42.5 Å². The minimum atomic E-state index is -0.149. The number of hydrogen-bond acceptors (Lipinski definition) is 2. The average Bonchev–Trinajstić information content (AvgIpc) is 2.42. The molecule has 1 amide bonds. The van der Waals surface area contributed by atoms with E-state index in [1.165, 1.54) is 0 Å². The maximum absolute atomic E-state index is 11.7. The van der Waals surface area contributed by atoms with Crippen LogP contribution in [0.3, 0.4) is 0 Å². The molecule has 0 spiro atoms. The molecule has 2 aromatic carbocycles. The van der Waals surface area contributed by atoms with E-state index in [1.54, 1.807) is 12.1 Å². The highest BCUT2D eigenvalue weighted by Crippen LogP contribution is 2.08. The Kier molecular flexibility index (Phi) is 4.34. The molecule has 0 unspecified atom stereocenters. The minimum Gasteiger partial charge on any atom is -0.287 e. The smallest absolute Gasteiger partial charge is 0.265 e. The van der Waals surface area contributed by atoms with Crippen LogP contribution in [0.1, 0.15) is 15.9 Å². The first kappa shape index (κ1) is 12.6. The first-order valence-corrected chi connectivity index (χ1v) is 5.96. The van der Waals surface area contributed by atoms with Crippen LogP contribution in [0.4, 0.5) is 0 Å². The van der Waals surface area contributed by atoms with Gasteiger partial charge in [-0.1, -0.05) is 41.9 Å².